The van der Waals surface area contributed by atoms with Crippen LogP contribution in [0.2, 0.25) is 0 Å². The van der Waals surface area contributed by atoms with E-state index in [-0.39, 0.29) is 5.69 Å². The van der Waals surface area contributed by atoms with Crippen molar-refractivity contribution in [3.63, 3.8) is 0 Å². The molecule has 1 fully saturated rings. The van der Waals surface area contributed by atoms with Crippen molar-refractivity contribution in [2.45, 2.75) is 0 Å². The number of carbonyl (C=O) groups is 1. The molecule has 27 heavy (non-hydrogen) atoms. The van der Waals surface area contributed by atoms with Gasteiger partial charge in [-0.3, -0.25) is 0 Å². The van der Waals surface area contributed by atoms with Gasteiger partial charge in [-0.15, -0.1) is 0 Å². The Hall–Kier alpha value is -3.03. The lowest BCUT2D eigenvalue weighted by Gasteiger charge is -2.36. The molecule has 3 rings (SSSR count). The molecule has 144 valence electrons. The van der Waals surface area contributed by atoms with E-state index in [2.05, 4.69) is 10.2 Å². The largest absolute Gasteiger partial charge is 0.493 e. The van der Waals surface area contributed by atoms with Crippen molar-refractivity contribution in [1.29, 1.82) is 0 Å². The van der Waals surface area contributed by atoms with Crippen molar-refractivity contribution in [2.75, 3.05) is 50.6 Å². The molecule has 0 saturated carbocycles. The number of benzene rings is 2. The molecule has 1 N–H and O–H groups in total. The second kappa shape index (κ2) is 8.11. The van der Waals surface area contributed by atoms with Gasteiger partial charge >= 0.3 is 6.03 Å². The average molecular weight is 377 g/mol. The van der Waals surface area contributed by atoms with Crippen molar-refractivity contribution in [3.8, 4) is 11.5 Å². The van der Waals surface area contributed by atoms with E-state index in [1.807, 2.05) is 18.2 Å². The molecule has 6 nitrogen and oxygen atoms in total. The van der Waals surface area contributed by atoms with Gasteiger partial charge in [-0.05, 0) is 24.3 Å². The van der Waals surface area contributed by atoms with E-state index in [1.165, 1.54) is 6.07 Å². The lowest BCUT2D eigenvalue weighted by molar-refractivity contribution is 0.208. The lowest BCUT2D eigenvalue weighted by Crippen LogP contribution is -2.50. The standard InChI is InChI=1S/C19H21F2N3O3/c1-26-17-6-4-14(12-18(17)27-2)23-7-9-24(10-8-23)19(25)22-16-5-3-13(20)11-15(16)21/h3-6,11-12H,7-10H2,1-2H3,(H,22,25). The Kier molecular flexibility index (Phi) is 5.63. The number of nitrogens with one attached hydrogen (secondary N) is 1. The Morgan fingerprint density at radius 1 is 0.963 bits per heavy atom. The Morgan fingerprint density at radius 3 is 2.30 bits per heavy atom. The summed E-state index contributed by atoms with van der Waals surface area (Å²) in [5.74, 6) is -0.191. The third-order valence-corrected chi connectivity index (χ3v) is 4.47. The molecule has 1 aliphatic heterocycles. The van der Waals surface area contributed by atoms with Crippen molar-refractivity contribution >= 4 is 17.4 Å². The highest BCUT2D eigenvalue weighted by Crippen LogP contribution is 2.31. The Balaban J connectivity index is 1.60. The normalized spacial score (nSPS) is 14.1. The summed E-state index contributed by atoms with van der Waals surface area (Å²) in [5, 5.41) is 2.49. The van der Waals surface area contributed by atoms with E-state index in [0.29, 0.717) is 37.7 Å². The van der Waals surface area contributed by atoms with Crippen LogP contribution in [-0.4, -0.2) is 51.3 Å². The van der Waals surface area contributed by atoms with Crippen LogP contribution in [0.15, 0.2) is 36.4 Å². The molecule has 1 saturated heterocycles. The molecule has 0 unspecified atom stereocenters. The molecule has 0 aliphatic carbocycles. The number of piperazine rings is 1. The zero-order valence-electron chi connectivity index (χ0n) is 15.2. The van der Waals surface area contributed by atoms with Crippen LogP contribution in [-0.2, 0) is 0 Å². The summed E-state index contributed by atoms with van der Waals surface area (Å²) in [7, 11) is 3.16. The number of carbonyl (C=O) groups excluding carboxylic acids is 1. The van der Waals surface area contributed by atoms with Gasteiger partial charge in [-0.1, -0.05) is 0 Å². The van der Waals surface area contributed by atoms with Gasteiger partial charge in [0.25, 0.3) is 0 Å². The highest BCUT2D eigenvalue weighted by atomic mass is 19.1. The molecular formula is C19H21F2N3O3. The van der Waals surface area contributed by atoms with E-state index in [9.17, 15) is 13.6 Å². The fraction of sp³-hybridized carbons (Fsp3) is 0.316. The van der Waals surface area contributed by atoms with E-state index in [0.717, 1.165) is 17.8 Å². The highest BCUT2D eigenvalue weighted by molar-refractivity contribution is 5.89. The van der Waals surface area contributed by atoms with E-state index < -0.39 is 17.7 Å². The molecule has 2 aromatic carbocycles. The highest BCUT2D eigenvalue weighted by Gasteiger charge is 2.22. The van der Waals surface area contributed by atoms with Gasteiger partial charge in [0.05, 0.1) is 19.9 Å². The SMILES string of the molecule is COc1ccc(N2CCN(C(=O)Nc3ccc(F)cc3F)CC2)cc1OC. The zero-order chi connectivity index (χ0) is 19.4. The van der Waals surface area contributed by atoms with Gasteiger partial charge in [0, 0.05) is 44.0 Å². The molecule has 2 amide bonds. The minimum Gasteiger partial charge on any atom is -0.493 e. The van der Waals surface area contributed by atoms with Crippen LogP contribution in [0.3, 0.4) is 0 Å². The van der Waals surface area contributed by atoms with Gasteiger partial charge in [0.15, 0.2) is 11.5 Å². The second-order valence-corrected chi connectivity index (χ2v) is 6.07. The number of ether oxygens (including phenoxy) is 2. The lowest BCUT2D eigenvalue weighted by atomic mass is 10.2. The molecular weight excluding hydrogens is 356 g/mol. The first-order valence-corrected chi connectivity index (χ1v) is 8.50. The molecule has 1 heterocycles. The van der Waals surface area contributed by atoms with Crippen molar-refractivity contribution in [2.24, 2.45) is 0 Å². The minimum atomic E-state index is -0.799. The summed E-state index contributed by atoms with van der Waals surface area (Å²) < 4.78 is 37.2. The van der Waals surface area contributed by atoms with Crippen LogP contribution < -0.4 is 19.7 Å². The maximum atomic E-state index is 13.7. The summed E-state index contributed by atoms with van der Waals surface area (Å²) in [6, 6.07) is 8.31. The quantitative estimate of drug-likeness (QED) is 0.888. The first-order chi connectivity index (χ1) is 13.0. The predicted molar refractivity (Wildman–Crippen MR) is 98.7 cm³/mol. The third-order valence-electron chi connectivity index (χ3n) is 4.47. The van der Waals surface area contributed by atoms with Crippen molar-refractivity contribution in [3.05, 3.63) is 48.0 Å². The number of amides is 2. The molecule has 0 atom stereocenters. The number of hydrogen-bond acceptors (Lipinski definition) is 4. The fourth-order valence-electron chi connectivity index (χ4n) is 2.97. The third kappa shape index (κ3) is 4.21. The molecule has 8 heteroatoms. The smallest absolute Gasteiger partial charge is 0.322 e. The van der Waals surface area contributed by atoms with E-state index in [1.54, 1.807) is 19.1 Å². The fourth-order valence-corrected chi connectivity index (χ4v) is 2.97. The van der Waals surface area contributed by atoms with Crippen LogP contribution >= 0.6 is 0 Å². The van der Waals surface area contributed by atoms with Gasteiger partial charge < -0.3 is 24.6 Å². The predicted octanol–water partition coefficient (Wildman–Crippen LogP) is 3.34. The first-order valence-electron chi connectivity index (χ1n) is 8.50. The number of nitrogens with zero attached hydrogens (tertiary/aromatic N) is 2. The number of halogens is 2. The van der Waals surface area contributed by atoms with Crippen molar-refractivity contribution in [1.82, 2.24) is 4.90 Å². The van der Waals surface area contributed by atoms with Crippen LogP contribution in [0, 0.1) is 11.6 Å². The van der Waals surface area contributed by atoms with Gasteiger partial charge in [0.2, 0.25) is 0 Å². The number of urea groups is 1. The maximum Gasteiger partial charge on any atom is 0.322 e. The summed E-state index contributed by atoms with van der Waals surface area (Å²) in [6.07, 6.45) is 0. The van der Waals surface area contributed by atoms with Crippen LogP contribution in [0.4, 0.5) is 25.0 Å². The van der Waals surface area contributed by atoms with Crippen LogP contribution in [0.1, 0.15) is 0 Å². The van der Waals surface area contributed by atoms with Crippen LogP contribution in [0.25, 0.3) is 0 Å². The van der Waals surface area contributed by atoms with E-state index >= 15 is 0 Å². The monoisotopic (exact) mass is 377 g/mol. The molecule has 2 aromatic rings. The van der Waals surface area contributed by atoms with Gasteiger partial charge in [-0.2, -0.15) is 0 Å². The van der Waals surface area contributed by atoms with Gasteiger partial charge in [0.1, 0.15) is 11.6 Å². The number of anilines is 2. The van der Waals surface area contributed by atoms with Crippen molar-refractivity contribution < 1.29 is 23.0 Å². The molecule has 0 spiro atoms. The summed E-state index contributed by atoms with van der Waals surface area (Å²) in [5.41, 5.74) is 0.931. The van der Waals surface area contributed by atoms with Crippen LogP contribution in [0.5, 0.6) is 11.5 Å². The summed E-state index contributed by atoms with van der Waals surface area (Å²) in [4.78, 5) is 16.1. The maximum absolute atomic E-state index is 13.7. The number of methoxy groups -OCH3 is 2. The number of hydrogen-bond donors (Lipinski definition) is 1. The molecule has 0 radical (unpaired) electrons. The Labute approximate surface area is 156 Å². The summed E-state index contributed by atoms with van der Waals surface area (Å²) >= 11 is 0. The van der Waals surface area contributed by atoms with Gasteiger partial charge in [-0.25, -0.2) is 13.6 Å². The minimum absolute atomic E-state index is 0.0382. The first kappa shape index (κ1) is 18.8. The van der Waals surface area contributed by atoms with E-state index in [4.69, 9.17) is 9.47 Å². The Morgan fingerprint density at radius 2 is 1.67 bits per heavy atom. The average Bonchev–Trinajstić information content (AvgIpc) is 2.69. The summed E-state index contributed by atoms with van der Waals surface area (Å²) in [6.45, 7) is 2.19. The molecule has 0 bridgehead atoms. The molecule has 1 aliphatic rings. The number of rotatable bonds is 4. The molecule has 0 aromatic heterocycles. The zero-order valence-corrected chi connectivity index (χ0v) is 15.2. The second-order valence-electron chi connectivity index (χ2n) is 6.07. The Bertz CT molecular complexity index is 824. The topological polar surface area (TPSA) is 54.0 Å².